The van der Waals surface area contributed by atoms with Gasteiger partial charge in [-0.05, 0) is 13.8 Å². The predicted octanol–water partition coefficient (Wildman–Crippen LogP) is 0.717. The van der Waals surface area contributed by atoms with Crippen LogP contribution in [0.3, 0.4) is 0 Å². The Balaban J connectivity index is 2.71. The van der Waals surface area contributed by atoms with E-state index in [-0.39, 0.29) is 12.5 Å². The number of nitrogens with one attached hydrogen (secondary N) is 2. The highest BCUT2D eigenvalue weighted by molar-refractivity contribution is 5.80. The zero-order valence-electron chi connectivity index (χ0n) is 10.7. The molecule has 0 aliphatic carbocycles. The van der Waals surface area contributed by atoms with E-state index < -0.39 is 0 Å². The molecule has 2 N–H and O–H groups in total. The van der Waals surface area contributed by atoms with Crippen molar-refractivity contribution in [3.8, 4) is 0 Å². The summed E-state index contributed by atoms with van der Waals surface area (Å²) in [6.07, 6.45) is 1.48. The van der Waals surface area contributed by atoms with E-state index in [1.165, 1.54) is 11.2 Å². The highest BCUT2D eigenvalue weighted by atomic mass is 16.2. The van der Waals surface area contributed by atoms with E-state index in [4.69, 9.17) is 0 Å². The van der Waals surface area contributed by atoms with Crippen molar-refractivity contribution in [2.24, 2.45) is 0 Å². The lowest BCUT2D eigenvalue weighted by Gasteiger charge is -2.14. The summed E-state index contributed by atoms with van der Waals surface area (Å²) >= 11 is 0. The van der Waals surface area contributed by atoms with Crippen LogP contribution >= 0.6 is 0 Å². The molecule has 0 aliphatic heterocycles. The molecular weight excluding hydrogens is 218 g/mol. The number of anilines is 2. The molecule has 1 heterocycles. The topological polar surface area (TPSA) is 70.1 Å². The molecule has 0 saturated heterocycles. The molecule has 0 aromatic carbocycles. The second kappa shape index (κ2) is 6.03. The molecule has 0 radical (unpaired) electrons. The maximum absolute atomic E-state index is 11.4. The molecule has 0 fully saturated rings. The van der Waals surface area contributed by atoms with Crippen molar-refractivity contribution in [2.45, 2.75) is 13.8 Å². The fourth-order valence-corrected chi connectivity index (χ4v) is 1.29. The summed E-state index contributed by atoms with van der Waals surface area (Å²) in [6.45, 7) is 4.95. The van der Waals surface area contributed by atoms with Crippen molar-refractivity contribution in [3.63, 3.8) is 0 Å². The van der Waals surface area contributed by atoms with Crippen LogP contribution in [0.4, 0.5) is 11.6 Å². The molecule has 1 aromatic heterocycles. The molecule has 6 nitrogen and oxygen atoms in total. The SMILES string of the molecule is CCNc1ncnc(NCC(=O)N(C)C)c1C. The van der Waals surface area contributed by atoms with E-state index >= 15 is 0 Å². The van der Waals surface area contributed by atoms with Gasteiger partial charge in [-0.15, -0.1) is 0 Å². The van der Waals surface area contributed by atoms with Gasteiger partial charge in [0.25, 0.3) is 0 Å². The van der Waals surface area contributed by atoms with E-state index in [0.29, 0.717) is 5.82 Å². The Labute approximate surface area is 101 Å². The van der Waals surface area contributed by atoms with E-state index in [0.717, 1.165) is 17.9 Å². The van der Waals surface area contributed by atoms with Crippen molar-refractivity contribution in [1.29, 1.82) is 0 Å². The standard InChI is InChI=1S/C11H19N5O/c1-5-12-10-8(2)11(15-7-14-10)13-6-9(17)16(3)4/h7H,5-6H2,1-4H3,(H2,12,13,14,15). The minimum atomic E-state index is 0.00742. The number of rotatable bonds is 5. The van der Waals surface area contributed by atoms with Gasteiger partial charge in [0.05, 0.1) is 6.54 Å². The van der Waals surface area contributed by atoms with Gasteiger partial charge in [0.1, 0.15) is 18.0 Å². The third-order valence-electron chi connectivity index (χ3n) is 2.33. The van der Waals surface area contributed by atoms with Crippen molar-refractivity contribution >= 4 is 17.5 Å². The summed E-state index contributed by atoms with van der Waals surface area (Å²) in [5, 5.41) is 6.15. The summed E-state index contributed by atoms with van der Waals surface area (Å²) < 4.78 is 0. The van der Waals surface area contributed by atoms with Crippen LogP contribution in [-0.4, -0.2) is 48.0 Å². The Bertz CT molecular complexity index is 391. The van der Waals surface area contributed by atoms with E-state index in [9.17, 15) is 4.79 Å². The monoisotopic (exact) mass is 237 g/mol. The summed E-state index contributed by atoms with van der Waals surface area (Å²) in [5.41, 5.74) is 0.918. The molecule has 1 aromatic rings. The number of amides is 1. The molecule has 17 heavy (non-hydrogen) atoms. The van der Waals surface area contributed by atoms with Crippen molar-refractivity contribution in [3.05, 3.63) is 11.9 Å². The predicted molar refractivity (Wildman–Crippen MR) is 68.1 cm³/mol. The number of nitrogens with zero attached hydrogens (tertiary/aromatic N) is 3. The van der Waals surface area contributed by atoms with Crippen molar-refractivity contribution in [1.82, 2.24) is 14.9 Å². The lowest BCUT2D eigenvalue weighted by atomic mass is 10.3. The smallest absolute Gasteiger partial charge is 0.241 e. The zero-order chi connectivity index (χ0) is 12.8. The second-order valence-electron chi connectivity index (χ2n) is 3.87. The van der Waals surface area contributed by atoms with Crippen LogP contribution in [0.15, 0.2) is 6.33 Å². The van der Waals surface area contributed by atoms with Crippen LogP contribution < -0.4 is 10.6 Å². The fraction of sp³-hybridized carbons (Fsp3) is 0.545. The molecule has 0 aliphatic rings. The van der Waals surface area contributed by atoms with Gasteiger partial charge in [-0.2, -0.15) is 0 Å². The number of aromatic nitrogens is 2. The van der Waals surface area contributed by atoms with E-state index in [2.05, 4.69) is 20.6 Å². The van der Waals surface area contributed by atoms with Crippen LogP contribution in [0.1, 0.15) is 12.5 Å². The highest BCUT2D eigenvalue weighted by Gasteiger charge is 2.08. The summed E-state index contributed by atoms with van der Waals surface area (Å²) in [4.78, 5) is 21.2. The van der Waals surface area contributed by atoms with E-state index in [1.807, 2.05) is 13.8 Å². The van der Waals surface area contributed by atoms with Gasteiger partial charge in [0.2, 0.25) is 5.91 Å². The summed E-state index contributed by atoms with van der Waals surface area (Å²) in [5.74, 6) is 1.49. The first-order valence-corrected chi connectivity index (χ1v) is 5.55. The maximum Gasteiger partial charge on any atom is 0.241 e. The molecule has 0 atom stereocenters. The first-order valence-electron chi connectivity index (χ1n) is 5.55. The first kappa shape index (κ1) is 13.2. The van der Waals surface area contributed by atoms with Crippen LogP contribution in [0.5, 0.6) is 0 Å². The van der Waals surface area contributed by atoms with Gasteiger partial charge >= 0.3 is 0 Å². The van der Waals surface area contributed by atoms with Crippen LogP contribution in [-0.2, 0) is 4.79 Å². The molecule has 0 unspecified atom stereocenters. The number of likely N-dealkylation sites (N-methyl/N-ethyl adjacent to an activating group) is 1. The average molecular weight is 237 g/mol. The molecular formula is C11H19N5O. The summed E-state index contributed by atoms with van der Waals surface area (Å²) in [7, 11) is 3.45. The van der Waals surface area contributed by atoms with Gasteiger partial charge < -0.3 is 15.5 Å². The molecule has 1 amide bonds. The number of carbonyl (C=O) groups excluding carboxylic acids is 1. The Kier molecular flexibility index (Phi) is 4.68. The molecule has 0 saturated carbocycles. The molecule has 6 heteroatoms. The van der Waals surface area contributed by atoms with Crippen molar-refractivity contribution < 1.29 is 4.79 Å². The maximum atomic E-state index is 11.4. The normalized spacial score (nSPS) is 9.88. The number of carbonyl (C=O) groups is 1. The Morgan fingerprint density at radius 2 is 1.88 bits per heavy atom. The van der Waals surface area contributed by atoms with Gasteiger partial charge in [-0.3, -0.25) is 4.79 Å². The number of hydrogen-bond acceptors (Lipinski definition) is 5. The Morgan fingerprint density at radius 1 is 1.29 bits per heavy atom. The van der Waals surface area contributed by atoms with Crippen LogP contribution in [0.25, 0.3) is 0 Å². The third kappa shape index (κ3) is 3.58. The highest BCUT2D eigenvalue weighted by Crippen LogP contribution is 2.17. The van der Waals surface area contributed by atoms with Gasteiger partial charge in [0, 0.05) is 26.2 Å². The first-order chi connectivity index (χ1) is 8.06. The van der Waals surface area contributed by atoms with Crippen molar-refractivity contribution in [2.75, 3.05) is 37.8 Å². The Morgan fingerprint density at radius 3 is 2.41 bits per heavy atom. The molecule has 0 bridgehead atoms. The van der Waals surface area contributed by atoms with Crippen LogP contribution in [0, 0.1) is 6.92 Å². The average Bonchev–Trinajstić information content (AvgIpc) is 2.30. The Hall–Kier alpha value is -1.85. The largest absolute Gasteiger partial charge is 0.370 e. The minimum Gasteiger partial charge on any atom is -0.370 e. The molecule has 0 spiro atoms. The fourth-order valence-electron chi connectivity index (χ4n) is 1.29. The molecule has 1 rings (SSSR count). The van der Waals surface area contributed by atoms with Crippen LogP contribution in [0.2, 0.25) is 0 Å². The van der Waals surface area contributed by atoms with Gasteiger partial charge in [-0.25, -0.2) is 9.97 Å². The van der Waals surface area contributed by atoms with Gasteiger partial charge in [0.15, 0.2) is 0 Å². The minimum absolute atomic E-state index is 0.00742. The number of hydrogen-bond donors (Lipinski definition) is 2. The van der Waals surface area contributed by atoms with E-state index in [1.54, 1.807) is 14.1 Å². The summed E-state index contributed by atoms with van der Waals surface area (Å²) in [6, 6.07) is 0. The third-order valence-corrected chi connectivity index (χ3v) is 2.33. The molecule has 94 valence electrons. The quantitative estimate of drug-likeness (QED) is 0.789. The lowest BCUT2D eigenvalue weighted by Crippen LogP contribution is -2.29. The second-order valence-corrected chi connectivity index (χ2v) is 3.87. The zero-order valence-corrected chi connectivity index (χ0v) is 10.7. The lowest BCUT2D eigenvalue weighted by molar-refractivity contribution is -0.126. The van der Waals surface area contributed by atoms with Gasteiger partial charge in [-0.1, -0.05) is 0 Å².